The van der Waals surface area contributed by atoms with Crippen molar-refractivity contribution in [2.75, 3.05) is 5.32 Å². The summed E-state index contributed by atoms with van der Waals surface area (Å²) >= 11 is 6.41. The van der Waals surface area contributed by atoms with E-state index in [1.54, 1.807) is 0 Å². The van der Waals surface area contributed by atoms with Crippen LogP contribution in [0.4, 0.5) is 5.69 Å². The largest absolute Gasteiger partial charge is 0.325 e. The van der Waals surface area contributed by atoms with Crippen molar-refractivity contribution in [3.05, 3.63) is 53.6 Å². The van der Waals surface area contributed by atoms with Crippen molar-refractivity contribution in [1.29, 1.82) is 0 Å². The number of amides is 1. The van der Waals surface area contributed by atoms with Crippen LogP contribution < -0.4 is 5.32 Å². The van der Waals surface area contributed by atoms with E-state index in [1.165, 1.54) is 23.6 Å². The monoisotopic (exact) mass is 293 g/mol. The summed E-state index contributed by atoms with van der Waals surface area (Å²) in [7, 11) is 0. The highest BCUT2D eigenvalue weighted by Crippen LogP contribution is 2.50. The molecule has 0 atom stereocenters. The standard InChI is InChI=1S/C18H12ClNO/c1-10(21)20-18-14-8-4-7-13-11-5-2-3-6-12(11)15(17(13)14)9-16(18)19/h2-9H,1H3,(H,20,21). The normalized spacial score (nSPS) is 11.5. The lowest BCUT2D eigenvalue weighted by Crippen LogP contribution is -2.06. The molecule has 0 saturated heterocycles. The maximum absolute atomic E-state index is 11.4. The topological polar surface area (TPSA) is 29.1 Å². The lowest BCUT2D eigenvalue weighted by molar-refractivity contribution is -0.114. The Kier molecular flexibility index (Phi) is 2.57. The molecule has 0 aromatic heterocycles. The maximum atomic E-state index is 11.4. The third kappa shape index (κ3) is 1.69. The van der Waals surface area contributed by atoms with Crippen LogP contribution in [0.1, 0.15) is 6.92 Å². The Balaban J connectivity index is 2.15. The minimum Gasteiger partial charge on any atom is -0.325 e. The Labute approximate surface area is 127 Å². The number of rotatable bonds is 1. The second-order valence-electron chi connectivity index (χ2n) is 5.24. The summed E-state index contributed by atoms with van der Waals surface area (Å²) in [5.41, 5.74) is 5.43. The van der Waals surface area contributed by atoms with E-state index >= 15 is 0 Å². The zero-order valence-electron chi connectivity index (χ0n) is 11.4. The molecule has 0 fully saturated rings. The molecule has 0 bridgehead atoms. The molecule has 1 aliphatic carbocycles. The van der Waals surface area contributed by atoms with Crippen LogP contribution in [0.25, 0.3) is 33.0 Å². The summed E-state index contributed by atoms with van der Waals surface area (Å²) in [4.78, 5) is 11.4. The van der Waals surface area contributed by atoms with E-state index in [4.69, 9.17) is 11.6 Å². The Morgan fingerprint density at radius 2 is 1.62 bits per heavy atom. The Bertz CT molecular complexity index is 914. The molecule has 102 valence electrons. The van der Waals surface area contributed by atoms with Crippen molar-refractivity contribution < 1.29 is 4.79 Å². The molecule has 0 saturated carbocycles. The van der Waals surface area contributed by atoms with E-state index in [9.17, 15) is 4.79 Å². The lowest BCUT2D eigenvalue weighted by Gasteiger charge is -2.11. The molecular formula is C18H12ClNO. The molecule has 0 spiro atoms. The van der Waals surface area contributed by atoms with Crippen LogP contribution >= 0.6 is 11.6 Å². The Morgan fingerprint density at radius 3 is 2.33 bits per heavy atom. The van der Waals surface area contributed by atoms with E-state index in [0.29, 0.717) is 10.7 Å². The lowest BCUT2D eigenvalue weighted by atomic mass is 10.0. The number of halogens is 1. The van der Waals surface area contributed by atoms with E-state index in [-0.39, 0.29) is 5.91 Å². The number of benzene rings is 3. The van der Waals surface area contributed by atoms with E-state index < -0.39 is 0 Å². The molecule has 21 heavy (non-hydrogen) atoms. The molecule has 1 aliphatic rings. The van der Waals surface area contributed by atoms with E-state index in [1.807, 2.05) is 30.3 Å². The first-order valence-corrected chi connectivity index (χ1v) is 7.17. The van der Waals surface area contributed by atoms with Gasteiger partial charge in [-0.1, -0.05) is 54.1 Å². The molecular weight excluding hydrogens is 282 g/mol. The minimum absolute atomic E-state index is 0.117. The van der Waals surface area contributed by atoms with Gasteiger partial charge in [0.25, 0.3) is 0 Å². The zero-order chi connectivity index (χ0) is 14.6. The van der Waals surface area contributed by atoms with Crippen LogP contribution in [0.15, 0.2) is 48.5 Å². The van der Waals surface area contributed by atoms with E-state index in [2.05, 4.69) is 23.5 Å². The first-order valence-electron chi connectivity index (χ1n) is 6.79. The third-order valence-corrected chi connectivity index (χ3v) is 4.22. The van der Waals surface area contributed by atoms with Gasteiger partial charge in [0.2, 0.25) is 5.91 Å². The number of anilines is 1. The van der Waals surface area contributed by atoms with Crippen LogP contribution in [-0.4, -0.2) is 5.91 Å². The van der Waals surface area contributed by atoms with E-state index in [0.717, 1.165) is 16.3 Å². The number of carbonyl (C=O) groups is 1. The van der Waals surface area contributed by atoms with Gasteiger partial charge in [0.05, 0.1) is 10.7 Å². The predicted octanol–water partition coefficient (Wildman–Crippen LogP) is 5.10. The highest BCUT2D eigenvalue weighted by Gasteiger charge is 2.23. The molecule has 3 heteroatoms. The molecule has 3 aromatic rings. The van der Waals surface area contributed by atoms with Crippen LogP contribution in [0, 0.1) is 0 Å². The molecule has 1 amide bonds. The molecule has 0 heterocycles. The third-order valence-electron chi connectivity index (χ3n) is 3.92. The first kappa shape index (κ1) is 12.4. The van der Waals surface area contributed by atoms with Crippen molar-refractivity contribution in [3.63, 3.8) is 0 Å². The molecule has 0 radical (unpaired) electrons. The first-order chi connectivity index (χ1) is 10.2. The maximum Gasteiger partial charge on any atom is 0.221 e. The number of carbonyl (C=O) groups excluding carboxylic acids is 1. The molecule has 0 aliphatic heterocycles. The summed E-state index contributed by atoms with van der Waals surface area (Å²) in [5, 5.41) is 5.57. The second kappa shape index (κ2) is 4.34. The zero-order valence-corrected chi connectivity index (χ0v) is 12.2. The predicted molar refractivity (Wildman–Crippen MR) is 87.7 cm³/mol. The number of nitrogens with one attached hydrogen (secondary N) is 1. The quantitative estimate of drug-likeness (QED) is 0.520. The minimum atomic E-state index is -0.117. The van der Waals surface area contributed by atoms with Crippen LogP contribution in [0.5, 0.6) is 0 Å². The Morgan fingerprint density at radius 1 is 0.952 bits per heavy atom. The van der Waals surface area contributed by atoms with Gasteiger partial charge in [-0.3, -0.25) is 4.79 Å². The van der Waals surface area contributed by atoms with Gasteiger partial charge >= 0.3 is 0 Å². The second-order valence-corrected chi connectivity index (χ2v) is 5.64. The summed E-state index contributed by atoms with van der Waals surface area (Å²) in [6.45, 7) is 1.49. The number of fused-ring (bicyclic) bond motifs is 3. The molecule has 2 nitrogen and oxygen atoms in total. The van der Waals surface area contributed by atoms with Gasteiger partial charge in [-0.25, -0.2) is 0 Å². The van der Waals surface area contributed by atoms with Gasteiger partial charge in [-0.05, 0) is 33.7 Å². The fraction of sp³-hybridized carbons (Fsp3) is 0.0556. The van der Waals surface area contributed by atoms with Gasteiger partial charge in [0.15, 0.2) is 0 Å². The summed E-state index contributed by atoms with van der Waals surface area (Å²) in [6.07, 6.45) is 0. The smallest absolute Gasteiger partial charge is 0.221 e. The fourth-order valence-corrected chi connectivity index (χ4v) is 3.40. The summed E-state index contributed by atoms with van der Waals surface area (Å²) in [5.74, 6) is -0.117. The SMILES string of the molecule is CC(=O)Nc1c(Cl)cc2c3c(cccc13)-c1ccccc1-2. The van der Waals surface area contributed by atoms with Crippen molar-refractivity contribution >= 4 is 34.0 Å². The highest BCUT2D eigenvalue weighted by atomic mass is 35.5. The van der Waals surface area contributed by atoms with Gasteiger partial charge in [0.1, 0.15) is 0 Å². The van der Waals surface area contributed by atoms with Crippen molar-refractivity contribution in [3.8, 4) is 22.3 Å². The number of hydrogen-bond donors (Lipinski definition) is 1. The molecule has 4 rings (SSSR count). The van der Waals surface area contributed by atoms with Crippen LogP contribution in [-0.2, 0) is 4.79 Å². The van der Waals surface area contributed by atoms with Gasteiger partial charge in [0, 0.05) is 12.3 Å². The number of hydrogen-bond acceptors (Lipinski definition) is 1. The van der Waals surface area contributed by atoms with Gasteiger partial charge in [-0.15, -0.1) is 0 Å². The molecule has 1 N–H and O–H groups in total. The highest BCUT2D eigenvalue weighted by molar-refractivity contribution is 6.37. The average molecular weight is 294 g/mol. The van der Waals surface area contributed by atoms with Crippen LogP contribution in [0.2, 0.25) is 5.02 Å². The van der Waals surface area contributed by atoms with Gasteiger partial charge in [-0.2, -0.15) is 0 Å². The van der Waals surface area contributed by atoms with Crippen LogP contribution in [0.3, 0.4) is 0 Å². The summed E-state index contributed by atoms with van der Waals surface area (Å²) in [6, 6.07) is 16.4. The molecule has 3 aromatic carbocycles. The van der Waals surface area contributed by atoms with Crippen molar-refractivity contribution in [1.82, 2.24) is 0 Å². The fourth-order valence-electron chi connectivity index (χ4n) is 3.14. The Hall–Kier alpha value is -2.32. The molecule has 0 unspecified atom stereocenters. The average Bonchev–Trinajstić information content (AvgIpc) is 2.79. The van der Waals surface area contributed by atoms with Crippen molar-refractivity contribution in [2.24, 2.45) is 0 Å². The summed E-state index contributed by atoms with van der Waals surface area (Å²) < 4.78 is 0. The van der Waals surface area contributed by atoms with Gasteiger partial charge < -0.3 is 5.32 Å². The van der Waals surface area contributed by atoms with Crippen molar-refractivity contribution in [2.45, 2.75) is 6.92 Å².